The molecule has 31 heavy (non-hydrogen) atoms. The summed E-state index contributed by atoms with van der Waals surface area (Å²) in [6.45, 7) is 11.7. The van der Waals surface area contributed by atoms with E-state index in [9.17, 15) is 9.59 Å². The van der Waals surface area contributed by atoms with Gasteiger partial charge in [-0.3, -0.25) is 4.79 Å². The summed E-state index contributed by atoms with van der Waals surface area (Å²) in [4.78, 5) is 27.1. The van der Waals surface area contributed by atoms with Gasteiger partial charge in [-0.05, 0) is 34.5 Å². The van der Waals surface area contributed by atoms with Crippen molar-refractivity contribution >= 4 is 40.4 Å². The van der Waals surface area contributed by atoms with Crippen LogP contribution in [0.1, 0.15) is 16.8 Å². The summed E-state index contributed by atoms with van der Waals surface area (Å²) < 4.78 is 17.0. The number of amides is 1. The molecule has 0 spiro atoms. The van der Waals surface area contributed by atoms with E-state index in [1.54, 1.807) is 24.3 Å². The van der Waals surface area contributed by atoms with Crippen LogP contribution in [0, 0.1) is 0 Å². The van der Waals surface area contributed by atoms with E-state index in [0.29, 0.717) is 34.5 Å². The lowest BCUT2D eigenvalue weighted by atomic mass is 9.96. The molecule has 0 saturated carbocycles. The highest BCUT2D eigenvalue weighted by Crippen LogP contribution is 2.38. The highest BCUT2D eigenvalue weighted by atomic mass is 79.9. The minimum atomic E-state index is -0.965. The standard InChI is InChI=1S/C22H27BrN2O5S/c1-4-7-28-18-11-14(10-16(23)21(18)29-8-5-2)20(26)19(24)17-12-15(31)13-25(17)22(27)30-9-6-3/h4-6,10-11,15,17,19,31H,1-3,7-9,12-13,24H2. The van der Waals surface area contributed by atoms with Gasteiger partial charge in [-0.2, -0.15) is 12.6 Å². The number of benzene rings is 1. The number of ether oxygens (including phenoxy) is 3. The van der Waals surface area contributed by atoms with Gasteiger partial charge in [-0.15, -0.1) is 0 Å². The molecule has 1 heterocycles. The third-order valence-corrected chi connectivity index (χ3v) is 5.56. The Hall–Kier alpha value is -2.23. The van der Waals surface area contributed by atoms with E-state index in [-0.39, 0.29) is 30.9 Å². The molecule has 9 heteroatoms. The maximum absolute atomic E-state index is 13.2. The summed E-state index contributed by atoms with van der Waals surface area (Å²) in [5.41, 5.74) is 6.65. The lowest BCUT2D eigenvalue weighted by Crippen LogP contribution is -2.50. The number of hydrogen-bond acceptors (Lipinski definition) is 7. The van der Waals surface area contributed by atoms with Gasteiger partial charge in [-0.1, -0.05) is 38.0 Å². The lowest BCUT2D eigenvalue weighted by molar-refractivity contribution is 0.0849. The van der Waals surface area contributed by atoms with E-state index in [1.165, 1.54) is 11.0 Å². The first kappa shape index (κ1) is 25.0. The predicted molar refractivity (Wildman–Crippen MR) is 127 cm³/mol. The minimum absolute atomic E-state index is 0.0750. The van der Waals surface area contributed by atoms with E-state index in [4.69, 9.17) is 19.9 Å². The van der Waals surface area contributed by atoms with Crippen molar-refractivity contribution in [3.63, 3.8) is 0 Å². The molecule has 1 aromatic carbocycles. The first-order chi connectivity index (χ1) is 14.8. The van der Waals surface area contributed by atoms with Gasteiger partial charge < -0.3 is 24.8 Å². The smallest absolute Gasteiger partial charge is 0.410 e. The maximum Gasteiger partial charge on any atom is 0.410 e. The van der Waals surface area contributed by atoms with Crippen LogP contribution in [-0.2, 0) is 4.74 Å². The molecule has 1 aromatic rings. The second kappa shape index (κ2) is 12.0. The van der Waals surface area contributed by atoms with Gasteiger partial charge in [0, 0.05) is 17.4 Å². The fourth-order valence-electron chi connectivity index (χ4n) is 3.22. The zero-order valence-corrected chi connectivity index (χ0v) is 19.6. The molecular formula is C22H27BrN2O5S. The number of nitrogens with two attached hydrogens (primary N) is 1. The SMILES string of the molecule is C=CCOC(=O)N1CC(S)CC1C(N)C(=O)c1cc(Br)c(OCC=C)c(OCC=C)c1. The molecule has 7 nitrogen and oxygen atoms in total. The molecule has 3 atom stereocenters. The van der Waals surface area contributed by atoms with Gasteiger partial charge in [0.2, 0.25) is 0 Å². The maximum atomic E-state index is 13.2. The first-order valence-corrected chi connectivity index (χ1v) is 11.0. The van der Waals surface area contributed by atoms with Crippen LogP contribution in [0.4, 0.5) is 4.79 Å². The average Bonchev–Trinajstić information content (AvgIpc) is 3.15. The molecule has 1 amide bonds. The molecule has 3 unspecified atom stereocenters. The van der Waals surface area contributed by atoms with Crippen LogP contribution in [0.3, 0.4) is 0 Å². The lowest BCUT2D eigenvalue weighted by Gasteiger charge is -2.28. The van der Waals surface area contributed by atoms with Crippen LogP contribution < -0.4 is 15.2 Å². The number of Topliss-reactive ketones (excluding diaryl/α,β-unsaturated/α-hetero) is 1. The molecule has 0 aliphatic carbocycles. The Labute approximate surface area is 196 Å². The van der Waals surface area contributed by atoms with E-state index >= 15 is 0 Å². The third kappa shape index (κ3) is 6.38. The van der Waals surface area contributed by atoms with Crippen LogP contribution in [0.25, 0.3) is 0 Å². The summed E-state index contributed by atoms with van der Waals surface area (Å²) in [7, 11) is 0. The Morgan fingerprint density at radius 3 is 2.48 bits per heavy atom. The van der Waals surface area contributed by atoms with Crippen molar-refractivity contribution in [3.8, 4) is 11.5 Å². The van der Waals surface area contributed by atoms with E-state index in [0.717, 1.165) is 0 Å². The molecule has 1 aliphatic rings. The second-order valence-electron chi connectivity index (χ2n) is 6.85. The number of hydrogen-bond donors (Lipinski definition) is 2. The van der Waals surface area contributed by atoms with Crippen LogP contribution in [-0.4, -0.2) is 60.5 Å². The summed E-state index contributed by atoms with van der Waals surface area (Å²) in [5.74, 6) is 0.471. The first-order valence-electron chi connectivity index (χ1n) is 9.67. The van der Waals surface area contributed by atoms with Crippen LogP contribution in [0.2, 0.25) is 0 Å². The Kier molecular flexibility index (Phi) is 9.67. The third-order valence-electron chi connectivity index (χ3n) is 4.59. The summed E-state index contributed by atoms with van der Waals surface area (Å²) >= 11 is 7.90. The highest BCUT2D eigenvalue weighted by molar-refractivity contribution is 9.10. The van der Waals surface area contributed by atoms with E-state index < -0.39 is 18.2 Å². The molecule has 2 rings (SSSR count). The van der Waals surface area contributed by atoms with Gasteiger partial charge in [0.1, 0.15) is 19.8 Å². The van der Waals surface area contributed by atoms with Crippen molar-refractivity contribution in [3.05, 3.63) is 60.1 Å². The Morgan fingerprint density at radius 1 is 1.19 bits per heavy atom. The molecule has 0 radical (unpaired) electrons. The molecule has 1 saturated heterocycles. The summed E-state index contributed by atoms with van der Waals surface area (Å²) in [6.07, 6.45) is 4.59. The molecule has 1 aliphatic heterocycles. The van der Waals surface area contributed by atoms with Crippen LogP contribution in [0.15, 0.2) is 54.6 Å². The van der Waals surface area contributed by atoms with Gasteiger partial charge in [0.05, 0.1) is 16.6 Å². The summed E-state index contributed by atoms with van der Waals surface area (Å²) in [5, 5.41) is -0.104. The number of thiol groups is 1. The van der Waals surface area contributed by atoms with Crippen molar-refractivity contribution in [2.24, 2.45) is 5.73 Å². The number of nitrogens with zero attached hydrogens (tertiary/aromatic N) is 1. The molecule has 0 bridgehead atoms. The topological polar surface area (TPSA) is 91.1 Å². The van der Waals surface area contributed by atoms with Crippen LogP contribution >= 0.6 is 28.6 Å². The van der Waals surface area contributed by atoms with Gasteiger partial charge >= 0.3 is 6.09 Å². The monoisotopic (exact) mass is 510 g/mol. The number of carbonyl (C=O) groups is 2. The van der Waals surface area contributed by atoms with Crippen molar-refractivity contribution in [2.75, 3.05) is 26.4 Å². The number of carbonyl (C=O) groups excluding carboxylic acids is 2. The molecule has 2 N–H and O–H groups in total. The molecule has 0 aromatic heterocycles. The number of halogens is 1. The molecule has 1 fully saturated rings. The largest absolute Gasteiger partial charge is 0.486 e. The summed E-state index contributed by atoms with van der Waals surface area (Å²) in [6, 6.07) is 1.69. The Morgan fingerprint density at radius 2 is 1.84 bits per heavy atom. The van der Waals surface area contributed by atoms with Crippen molar-refractivity contribution in [1.29, 1.82) is 0 Å². The second-order valence-corrected chi connectivity index (χ2v) is 8.43. The number of ketones is 1. The molecule has 168 valence electrons. The predicted octanol–water partition coefficient (Wildman–Crippen LogP) is 3.78. The number of rotatable bonds is 11. The highest BCUT2D eigenvalue weighted by Gasteiger charge is 2.41. The van der Waals surface area contributed by atoms with E-state index in [1.807, 2.05) is 0 Å². The Bertz CT molecular complexity index is 847. The minimum Gasteiger partial charge on any atom is -0.486 e. The van der Waals surface area contributed by atoms with Crippen molar-refractivity contribution < 1.29 is 23.8 Å². The quantitative estimate of drug-likeness (QED) is 0.267. The zero-order chi connectivity index (χ0) is 23.0. The van der Waals surface area contributed by atoms with Crippen LogP contribution in [0.5, 0.6) is 11.5 Å². The molecular weight excluding hydrogens is 484 g/mol. The average molecular weight is 511 g/mol. The normalized spacial score (nSPS) is 18.7. The fraction of sp³-hybridized carbons (Fsp3) is 0.364. The van der Waals surface area contributed by atoms with Gasteiger partial charge in [0.25, 0.3) is 0 Å². The van der Waals surface area contributed by atoms with Gasteiger partial charge in [-0.25, -0.2) is 4.79 Å². The van der Waals surface area contributed by atoms with Gasteiger partial charge in [0.15, 0.2) is 17.3 Å². The fourth-order valence-corrected chi connectivity index (χ4v) is 4.17. The zero-order valence-electron chi connectivity index (χ0n) is 17.2. The van der Waals surface area contributed by atoms with Crippen molar-refractivity contribution in [1.82, 2.24) is 4.90 Å². The Balaban J connectivity index is 2.30. The van der Waals surface area contributed by atoms with E-state index in [2.05, 4.69) is 48.3 Å². The number of likely N-dealkylation sites (tertiary alicyclic amines) is 1. The van der Waals surface area contributed by atoms with Crippen molar-refractivity contribution in [2.45, 2.75) is 23.8 Å².